The van der Waals surface area contributed by atoms with Gasteiger partial charge in [-0.1, -0.05) is 11.3 Å². The predicted octanol–water partition coefficient (Wildman–Crippen LogP) is 1.22. The number of hydrogen-bond acceptors (Lipinski definition) is 2. The Morgan fingerprint density at radius 2 is 2.29 bits per heavy atom. The van der Waals surface area contributed by atoms with E-state index in [1.807, 2.05) is 5.51 Å². The third-order valence-electron chi connectivity index (χ3n) is 0.441. The molecule has 1 nitrogen and oxygen atoms in total. The van der Waals surface area contributed by atoms with E-state index in [1.165, 1.54) is 0 Å². The van der Waals surface area contributed by atoms with Gasteiger partial charge in [0, 0.05) is 0 Å². The first-order chi connectivity index (χ1) is 3.30. The van der Waals surface area contributed by atoms with Crippen molar-refractivity contribution in [1.29, 1.82) is 0 Å². The average molecular weight is 120 g/mol. The molecule has 1 radical (unpaired) electrons. The van der Waals surface area contributed by atoms with Crippen LogP contribution >= 0.6 is 11.3 Å². The molecular weight excluding hydrogens is 120 g/mol. The van der Waals surface area contributed by atoms with Gasteiger partial charge in [0.25, 0.3) is 5.95 Å². The van der Waals surface area contributed by atoms with Gasteiger partial charge in [0.15, 0.2) is 5.51 Å². The zero-order valence-electron chi connectivity index (χ0n) is 3.11. The van der Waals surface area contributed by atoms with Gasteiger partial charge in [0.05, 0.1) is 0 Å². The quantitative estimate of drug-likeness (QED) is 0.501. The highest BCUT2D eigenvalue weighted by molar-refractivity contribution is 7.07. The van der Waals surface area contributed by atoms with Crippen LogP contribution in [-0.2, 0) is 0 Å². The summed E-state index contributed by atoms with van der Waals surface area (Å²) in [5.74, 6) is -1.06. The Morgan fingerprint density at radius 3 is 2.43 bits per heavy atom. The Kier molecular flexibility index (Phi) is 1.02. The van der Waals surface area contributed by atoms with E-state index in [2.05, 4.69) is 4.98 Å². The Hall–Kier alpha value is -0.510. The molecule has 0 spiro atoms. The molecule has 7 heavy (non-hydrogen) atoms. The Bertz CT molecular complexity index is 145. The number of rotatable bonds is 0. The fourth-order valence-corrected chi connectivity index (χ4v) is 0.525. The molecular formula is C3F2NS. The van der Waals surface area contributed by atoms with Crippen molar-refractivity contribution in [2.45, 2.75) is 0 Å². The summed E-state index contributed by atoms with van der Waals surface area (Å²) < 4.78 is 23.2. The van der Waals surface area contributed by atoms with Crippen molar-refractivity contribution in [2.75, 3.05) is 0 Å². The monoisotopic (exact) mass is 120 g/mol. The van der Waals surface area contributed by atoms with Crippen molar-refractivity contribution in [3.63, 3.8) is 0 Å². The van der Waals surface area contributed by atoms with Crippen LogP contribution in [0.5, 0.6) is 0 Å². The molecule has 1 aromatic heterocycles. The highest BCUT2D eigenvalue weighted by atomic mass is 32.1. The summed E-state index contributed by atoms with van der Waals surface area (Å²) in [6, 6.07) is 0. The summed E-state index contributed by atoms with van der Waals surface area (Å²) in [6.45, 7) is 0. The number of thiazole rings is 1. The normalized spacial score (nSPS) is 9.43. The third-order valence-corrected chi connectivity index (χ3v) is 0.971. The molecule has 37 valence electrons. The maximum atomic E-state index is 11.6. The van der Waals surface area contributed by atoms with Crippen LogP contribution < -0.4 is 0 Å². The predicted molar refractivity (Wildman–Crippen MR) is 20.9 cm³/mol. The molecule has 0 unspecified atom stereocenters. The minimum Gasteiger partial charge on any atom is -0.203 e. The lowest BCUT2D eigenvalue weighted by molar-refractivity contribution is 0.503. The van der Waals surface area contributed by atoms with Gasteiger partial charge in [0.1, 0.15) is 0 Å². The maximum Gasteiger partial charge on any atom is 0.261 e. The van der Waals surface area contributed by atoms with Crippen molar-refractivity contribution < 1.29 is 8.78 Å². The zero-order chi connectivity index (χ0) is 5.28. The van der Waals surface area contributed by atoms with Gasteiger partial charge in [-0.05, 0) is 0 Å². The third kappa shape index (κ3) is 0.742. The van der Waals surface area contributed by atoms with Crippen LogP contribution in [-0.4, -0.2) is 4.98 Å². The number of nitrogens with zero attached hydrogens (tertiary/aromatic N) is 1. The van der Waals surface area contributed by atoms with E-state index >= 15 is 0 Å². The topological polar surface area (TPSA) is 12.9 Å². The summed E-state index contributed by atoms with van der Waals surface area (Å²) >= 11 is 0.527. The molecule has 1 rings (SSSR count). The van der Waals surface area contributed by atoms with Crippen LogP contribution in [0.4, 0.5) is 8.78 Å². The van der Waals surface area contributed by atoms with Crippen molar-refractivity contribution in [3.05, 3.63) is 16.6 Å². The minimum atomic E-state index is -1.06. The molecule has 0 saturated carbocycles. The van der Waals surface area contributed by atoms with Crippen molar-refractivity contribution in [3.8, 4) is 0 Å². The van der Waals surface area contributed by atoms with Gasteiger partial charge in [0.2, 0.25) is 5.13 Å². The molecule has 1 heterocycles. The maximum absolute atomic E-state index is 11.6. The Labute approximate surface area is 42.6 Å². The first-order valence-electron chi connectivity index (χ1n) is 1.48. The highest BCUT2D eigenvalue weighted by Crippen LogP contribution is 2.05. The van der Waals surface area contributed by atoms with E-state index in [0.717, 1.165) is 0 Å². The Morgan fingerprint density at radius 1 is 1.57 bits per heavy atom. The van der Waals surface area contributed by atoms with Gasteiger partial charge in [-0.3, -0.25) is 0 Å². The number of hydrogen-bond donors (Lipinski definition) is 0. The summed E-state index contributed by atoms with van der Waals surface area (Å²) in [6.07, 6.45) is 0. The lowest BCUT2D eigenvalue weighted by Crippen LogP contribution is -1.71. The Balaban J connectivity index is 3.12. The first kappa shape index (κ1) is 4.64. The van der Waals surface area contributed by atoms with Crippen molar-refractivity contribution in [1.82, 2.24) is 4.98 Å². The molecule has 0 atom stereocenters. The van der Waals surface area contributed by atoms with E-state index in [1.54, 1.807) is 0 Å². The summed E-state index contributed by atoms with van der Waals surface area (Å²) in [7, 11) is 0. The molecule has 0 bridgehead atoms. The van der Waals surface area contributed by atoms with Gasteiger partial charge in [-0.25, -0.2) is 4.98 Å². The fourth-order valence-electron chi connectivity index (χ4n) is 0.189. The second-order valence-corrected chi connectivity index (χ2v) is 1.61. The highest BCUT2D eigenvalue weighted by Gasteiger charge is 2.00. The summed E-state index contributed by atoms with van der Waals surface area (Å²) in [5, 5.41) is -0.903. The minimum absolute atomic E-state index is 0.527. The van der Waals surface area contributed by atoms with E-state index in [4.69, 9.17) is 0 Å². The fraction of sp³-hybridized carbons (Fsp3) is 0. The molecule has 1 aromatic rings. The van der Waals surface area contributed by atoms with E-state index in [9.17, 15) is 8.78 Å². The van der Waals surface area contributed by atoms with E-state index in [0.29, 0.717) is 11.3 Å². The van der Waals surface area contributed by atoms with Gasteiger partial charge in [-0.15, -0.1) is 0 Å². The van der Waals surface area contributed by atoms with Crippen LogP contribution in [0.3, 0.4) is 0 Å². The second-order valence-electron chi connectivity index (χ2n) is 0.870. The van der Waals surface area contributed by atoms with Gasteiger partial charge >= 0.3 is 0 Å². The molecule has 0 aliphatic heterocycles. The molecule has 0 saturated heterocycles. The number of halogens is 2. The largest absolute Gasteiger partial charge is 0.261 e. The lowest BCUT2D eigenvalue weighted by atomic mass is 10.9. The molecule has 0 aromatic carbocycles. The van der Waals surface area contributed by atoms with Crippen LogP contribution in [0, 0.1) is 16.6 Å². The van der Waals surface area contributed by atoms with E-state index < -0.39 is 11.1 Å². The smallest absolute Gasteiger partial charge is 0.203 e. The van der Waals surface area contributed by atoms with Crippen molar-refractivity contribution in [2.24, 2.45) is 0 Å². The van der Waals surface area contributed by atoms with Crippen LogP contribution in [0.15, 0.2) is 0 Å². The first-order valence-corrected chi connectivity index (χ1v) is 2.30. The molecule has 0 amide bonds. The summed E-state index contributed by atoms with van der Waals surface area (Å²) in [5.41, 5.74) is 2.04. The van der Waals surface area contributed by atoms with Gasteiger partial charge in [-0.2, -0.15) is 8.78 Å². The van der Waals surface area contributed by atoms with Crippen LogP contribution in [0.25, 0.3) is 0 Å². The van der Waals surface area contributed by atoms with Crippen LogP contribution in [0.1, 0.15) is 0 Å². The average Bonchev–Trinajstić information content (AvgIpc) is 1.91. The van der Waals surface area contributed by atoms with Crippen LogP contribution in [0.2, 0.25) is 0 Å². The number of aromatic nitrogens is 1. The van der Waals surface area contributed by atoms with E-state index in [-0.39, 0.29) is 0 Å². The zero-order valence-corrected chi connectivity index (χ0v) is 3.93. The standard InChI is InChI=1S/C3F2NS/c4-2-3(5)7-1-6-2. The van der Waals surface area contributed by atoms with Crippen molar-refractivity contribution >= 4 is 11.3 Å². The van der Waals surface area contributed by atoms with Gasteiger partial charge < -0.3 is 0 Å². The SMILES string of the molecule is Fc1n[c]sc1F. The molecule has 0 aliphatic carbocycles. The molecule has 0 N–H and O–H groups in total. The molecule has 0 aliphatic rings. The second kappa shape index (κ2) is 1.54. The lowest BCUT2D eigenvalue weighted by Gasteiger charge is -1.68. The molecule has 0 fully saturated rings. The molecule has 4 heteroatoms. The summed E-state index contributed by atoms with van der Waals surface area (Å²) in [4.78, 5) is 2.87.